The van der Waals surface area contributed by atoms with Crippen LogP contribution in [0.5, 0.6) is 5.75 Å². The van der Waals surface area contributed by atoms with Gasteiger partial charge in [0.25, 0.3) is 0 Å². The van der Waals surface area contributed by atoms with Gasteiger partial charge in [0.2, 0.25) is 0 Å². The van der Waals surface area contributed by atoms with Crippen LogP contribution in [0, 0.1) is 5.92 Å². The Labute approximate surface area is 183 Å². The summed E-state index contributed by atoms with van der Waals surface area (Å²) in [5.74, 6) is 0.772. The summed E-state index contributed by atoms with van der Waals surface area (Å²) >= 11 is 4.91. The zero-order chi connectivity index (χ0) is 21.7. The molecule has 0 saturated heterocycles. The van der Waals surface area contributed by atoms with Gasteiger partial charge in [-0.05, 0) is 50.9 Å². The van der Waals surface area contributed by atoms with Gasteiger partial charge in [0.15, 0.2) is 5.11 Å². The Morgan fingerprint density at radius 1 is 1.20 bits per heavy atom. The number of hydrogen-bond acceptors (Lipinski definition) is 5. The van der Waals surface area contributed by atoms with Gasteiger partial charge in [-0.2, -0.15) is 5.10 Å². The minimum Gasteiger partial charge on any atom is -0.507 e. The Hall–Kier alpha value is -2.90. The van der Waals surface area contributed by atoms with Crippen LogP contribution in [-0.2, 0) is 0 Å². The number of nitrogens with one attached hydrogen (secondary N) is 1. The number of nitrogens with zero attached hydrogens (tertiary/aromatic N) is 2. The molecule has 0 spiro atoms. The lowest BCUT2D eigenvalue weighted by atomic mass is 9.76. The van der Waals surface area contributed by atoms with E-state index in [9.17, 15) is 5.11 Å². The van der Waals surface area contributed by atoms with Crippen molar-refractivity contribution in [3.05, 3.63) is 71.3 Å². The molecular weight excluding hydrogens is 396 g/mol. The molecule has 4 N–H and O–H groups in total. The summed E-state index contributed by atoms with van der Waals surface area (Å²) in [4.78, 5) is 2.11. The number of ether oxygens (including phenoxy) is 1. The van der Waals surface area contributed by atoms with E-state index >= 15 is 0 Å². The highest BCUT2D eigenvalue weighted by Crippen LogP contribution is 2.41. The zero-order valence-corrected chi connectivity index (χ0v) is 18.3. The topological polar surface area (TPSA) is 83.1 Å². The number of hydrazone groups is 1. The number of benzene rings is 2. The molecule has 2 atom stereocenters. The third kappa shape index (κ3) is 4.98. The molecule has 0 fully saturated rings. The molecule has 0 unspecified atom stereocenters. The molecule has 3 rings (SSSR count). The first-order valence-electron chi connectivity index (χ1n) is 9.82. The van der Waals surface area contributed by atoms with Gasteiger partial charge in [0, 0.05) is 29.7 Å². The normalized spacial score (nSPS) is 15.9. The summed E-state index contributed by atoms with van der Waals surface area (Å²) < 4.78 is 6.01. The Kier molecular flexibility index (Phi) is 7.07. The number of fused-ring (bicyclic) bond motifs is 1. The molecule has 1 aliphatic rings. The summed E-state index contributed by atoms with van der Waals surface area (Å²) in [6, 6.07) is 17.7. The average Bonchev–Trinajstić information content (AvgIpc) is 2.73. The zero-order valence-electron chi connectivity index (χ0n) is 17.5. The van der Waals surface area contributed by atoms with Crippen LogP contribution in [0.2, 0.25) is 0 Å². The number of rotatable bonds is 7. The summed E-state index contributed by atoms with van der Waals surface area (Å²) in [6.07, 6.45) is 0. The molecule has 0 radical (unpaired) electrons. The second-order valence-corrected chi connectivity index (χ2v) is 8.08. The first-order chi connectivity index (χ1) is 14.4. The Bertz CT molecular complexity index is 957. The van der Waals surface area contributed by atoms with E-state index in [4.69, 9.17) is 22.7 Å². The number of para-hydroxylation sites is 1. The predicted molar refractivity (Wildman–Crippen MR) is 126 cm³/mol. The lowest BCUT2D eigenvalue weighted by molar-refractivity contribution is 0.301. The lowest BCUT2D eigenvalue weighted by Crippen LogP contribution is -2.36. The van der Waals surface area contributed by atoms with Gasteiger partial charge in [0.05, 0.1) is 5.56 Å². The molecular formula is C23H28N4O2S. The first kappa shape index (κ1) is 21.8. The monoisotopic (exact) mass is 424 g/mol. The number of aliphatic hydroxyl groups is 1. The molecule has 30 heavy (non-hydrogen) atoms. The molecule has 0 aliphatic carbocycles. The summed E-state index contributed by atoms with van der Waals surface area (Å²) in [5, 5.41) is 15.8. The molecule has 0 saturated carbocycles. The second-order valence-electron chi connectivity index (χ2n) is 7.65. The molecule has 0 bridgehead atoms. The van der Waals surface area contributed by atoms with Gasteiger partial charge < -0.3 is 20.5 Å². The molecule has 2 aromatic rings. The van der Waals surface area contributed by atoms with E-state index in [0.717, 1.165) is 16.8 Å². The maximum absolute atomic E-state index is 11.2. The summed E-state index contributed by atoms with van der Waals surface area (Å²) in [6.45, 7) is 2.97. The van der Waals surface area contributed by atoms with Crippen LogP contribution in [0.25, 0.3) is 5.76 Å². The maximum atomic E-state index is 11.2. The van der Waals surface area contributed by atoms with Crippen molar-refractivity contribution in [3.63, 3.8) is 0 Å². The maximum Gasteiger partial charge on any atom is 0.184 e. The third-order valence-electron chi connectivity index (χ3n) is 5.21. The fourth-order valence-corrected chi connectivity index (χ4v) is 3.90. The van der Waals surface area contributed by atoms with Gasteiger partial charge in [-0.25, -0.2) is 0 Å². The Morgan fingerprint density at radius 3 is 2.53 bits per heavy atom. The van der Waals surface area contributed by atoms with Crippen LogP contribution in [-0.4, -0.2) is 48.1 Å². The fraction of sp³-hybridized carbons (Fsp3) is 0.304. The quantitative estimate of drug-likeness (QED) is 0.358. The number of thiocarbonyl (C=S) groups is 1. The first-order valence-corrected chi connectivity index (χ1v) is 10.2. The van der Waals surface area contributed by atoms with Gasteiger partial charge in [-0.15, -0.1) is 0 Å². The molecule has 2 aromatic carbocycles. The molecule has 0 amide bonds. The third-order valence-corrected chi connectivity index (χ3v) is 5.30. The Morgan fingerprint density at radius 2 is 1.87 bits per heavy atom. The number of aliphatic hydroxyl groups excluding tert-OH is 1. The van der Waals surface area contributed by atoms with E-state index < -0.39 is 0 Å². The van der Waals surface area contributed by atoms with Crippen molar-refractivity contribution < 1.29 is 9.84 Å². The van der Waals surface area contributed by atoms with Crippen LogP contribution < -0.4 is 15.9 Å². The lowest BCUT2D eigenvalue weighted by Gasteiger charge is -2.34. The van der Waals surface area contributed by atoms with Gasteiger partial charge in [0.1, 0.15) is 18.1 Å². The Balaban J connectivity index is 2.14. The standard InChI is InChI=1S/C23H28N4O2S/c1-15(25-26-23(24)30)18(13-27(2)3)21(16-9-5-4-6-10-16)19-14-29-20-12-8-7-11-17(20)22(19)28/h4-12,18,21,28H,13-14H2,1-3H3,(H3,24,26,30)/b25-15-/t18-,21-/m1/s1. The number of hydrogen-bond donors (Lipinski definition) is 3. The molecule has 158 valence electrons. The molecule has 0 aromatic heterocycles. The van der Waals surface area contributed by atoms with Crippen LogP contribution in [0.15, 0.2) is 65.3 Å². The van der Waals surface area contributed by atoms with E-state index in [2.05, 4.69) is 27.6 Å². The van der Waals surface area contributed by atoms with E-state index in [1.54, 1.807) is 0 Å². The van der Waals surface area contributed by atoms with E-state index in [-0.39, 0.29) is 22.7 Å². The SMILES string of the molecule is C/C(=N/NC(N)=S)[C@@H](CN(C)C)[C@H](C1=C(O)c2ccccc2OC1)c1ccccc1. The largest absolute Gasteiger partial charge is 0.507 e. The summed E-state index contributed by atoms with van der Waals surface area (Å²) in [5.41, 5.74) is 11.7. The van der Waals surface area contributed by atoms with E-state index in [1.807, 2.05) is 63.5 Å². The molecule has 1 aliphatic heterocycles. The van der Waals surface area contributed by atoms with Crippen molar-refractivity contribution in [3.8, 4) is 5.75 Å². The van der Waals surface area contributed by atoms with Crippen molar-refractivity contribution in [1.29, 1.82) is 0 Å². The van der Waals surface area contributed by atoms with Crippen molar-refractivity contribution in [2.75, 3.05) is 27.2 Å². The van der Waals surface area contributed by atoms with Crippen LogP contribution >= 0.6 is 12.2 Å². The minimum absolute atomic E-state index is 0.0461. The molecule has 1 heterocycles. The van der Waals surface area contributed by atoms with Crippen molar-refractivity contribution in [1.82, 2.24) is 10.3 Å². The van der Waals surface area contributed by atoms with Crippen molar-refractivity contribution in [2.24, 2.45) is 16.8 Å². The van der Waals surface area contributed by atoms with E-state index in [1.165, 1.54) is 0 Å². The molecule has 6 nitrogen and oxygen atoms in total. The predicted octanol–water partition coefficient (Wildman–Crippen LogP) is 3.52. The van der Waals surface area contributed by atoms with Gasteiger partial charge in [-0.1, -0.05) is 42.5 Å². The highest BCUT2D eigenvalue weighted by molar-refractivity contribution is 7.80. The van der Waals surface area contributed by atoms with Crippen molar-refractivity contribution in [2.45, 2.75) is 12.8 Å². The van der Waals surface area contributed by atoms with Gasteiger partial charge >= 0.3 is 0 Å². The minimum atomic E-state index is -0.140. The second kappa shape index (κ2) is 9.73. The summed E-state index contributed by atoms with van der Waals surface area (Å²) in [7, 11) is 4.04. The van der Waals surface area contributed by atoms with Gasteiger partial charge in [-0.3, -0.25) is 5.43 Å². The number of nitrogens with two attached hydrogens (primary N) is 1. The highest BCUT2D eigenvalue weighted by atomic mass is 32.1. The van der Waals surface area contributed by atoms with Crippen molar-refractivity contribution >= 4 is 28.8 Å². The van der Waals surface area contributed by atoms with E-state index in [0.29, 0.717) is 24.5 Å². The highest BCUT2D eigenvalue weighted by Gasteiger charge is 2.34. The van der Waals surface area contributed by atoms with Crippen LogP contribution in [0.1, 0.15) is 24.0 Å². The average molecular weight is 425 g/mol. The smallest absolute Gasteiger partial charge is 0.184 e. The van der Waals surface area contributed by atoms with Crippen LogP contribution in [0.4, 0.5) is 0 Å². The fourth-order valence-electron chi connectivity index (χ4n) is 3.86. The van der Waals surface area contributed by atoms with Crippen LogP contribution in [0.3, 0.4) is 0 Å². The molecule has 7 heteroatoms.